The third-order valence-corrected chi connectivity index (χ3v) is 4.92. The molecule has 2 aromatic heterocycles. The molecule has 0 saturated heterocycles. The molecule has 0 radical (unpaired) electrons. The van der Waals surface area contributed by atoms with Gasteiger partial charge in [-0.1, -0.05) is 23.6 Å². The van der Waals surface area contributed by atoms with Crippen LogP contribution in [0.2, 0.25) is 0 Å². The largest absolute Gasteiger partial charge is 0.395 e. The monoisotopic (exact) mass is 306 g/mol. The predicted molar refractivity (Wildman–Crippen MR) is 78.5 cm³/mol. The van der Waals surface area contributed by atoms with E-state index in [0.29, 0.717) is 12.5 Å². The average Bonchev–Trinajstić information content (AvgIpc) is 3.02. The lowest BCUT2D eigenvalue weighted by atomic mass is 10.3. The molecule has 0 aromatic carbocycles. The van der Waals surface area contributed by atoms with Gasteiger partial charge >= 0.3 is 0 Å². The molecule has 0 unspecified atom stereocenters. The molecule has 104 valence electrons. The molecule has 5 nitrogen and oxygen atoms in total. The zero-order chi connectivity index (χ0) is 13.8. The van der Waals surface area contributed by atoms with Crippen LogP contribution >= 0.6 is 23.1 Å². The molecule has 1 aliphatic rings. The predicted octanol–water partition coefficient (Wildman–Crippen LogP) is 2.10. The lowest BCUT2D eigenvalue weighted by Crippen LogP contribution is -1.98. The van der Waals surface area contributed by atoms with Crippen LogP contribution in [-0.2, 0) is 5.75 Å². The molecular formula is C13H14N4OS2. The van der Waals surface area contributed by atoms with Gasteiger partial charge in [0.05, 0.1) is 12.6 Å². The number of hydrogen-bond acceptors (Lipinski definition) is 6. The van der Waals surface area contributed by atoms with Gasteiger partial charge < -0.3 is 5.11 Å². The maximum absolute atomic E-state index is 8.69. The Labute approximate surface area is 125 Å². The van der Waals surface area contributed by atoms with Gasteiger partial charge in [0.2, 0.25) is 5.16 Å². The second-order valence-corrected chi connectivity index (χ2v) is 6.44. The van der Waals surface area contributed by atoms with Crippen molar-refractivity contribution >= 4 is 23.1 Å². The zero-order valence-electron chi connectivity index (χ0n) is 10.8. The first kappa shape index (κ1) is 13.6. The van der Waals surface area contributed by atoms with Crippen LogP contribution in [0.25, 0.3) is 0 Å². The Kier molecular flexibility index (Phi) is 4.35. The van der Waals surface area contributed by atoms with Gasteiger partial charge in [-0.2, -0.15) is 0 Å². The van der Waals surface area contributed by atoms with Gasteiger partial charge in [0.15, 0.2) is 0 Å². The first-order valence-corrected chi connectivity index (χ1v) is 8.31. The van der Waals surface area contributed by atoms with Crippen molar-refractivity contribution in [2.45, 2.75) is 36.2 Å². The van der Waals surface area contributed by atoms with Gasteiger partial charge in [-0.15, -0.1) is 16.4 Å². The zero-order valence-corrected chi connectivity index (χ0v) is 12.5. The standard InChI is InChI=1S/C13H14N4OS2/c18-6-2-1-3-10-7-12(19-8-10)9-20-13-14-15-16-17(13)11-4-5-11/h7-8,11,18H,2,4-6,9H2. The summed E-state index contributed by atoms with van der Waals surface area (Å²) in [6, 6.07) is 2.60. The lowest BCUT2D eigenvalue weighted by molar-refractivity contribution is 0.305. The molecule has 1 aliphatic carbocycles. The third-order valence-electron chi connectivity index (χ3n) is 2.82. The number of thiophene rings is 1. The molecule has 2 aromatic rings. The summed E-state index contributed by atoms with van der Waals surface area (Å²) in [6.07, 6.45) is 2.89. The van der Waals surface area contributed by atoms with Crippen molar-refractivity contribution in [2.24, 2.45) is 0 Å². The number of nitrogens with zero attached hydrogens (tertiary/aromatic N) is 4. The summed E-state index contributed by atoms with van der Waals surface area (Å²) in [5.74, 6) is 6.83. The average molecular weight is 306 g/mol. The summed E-state index contributed by atoms with van der Waals surface area (Å²) in [7, 11) is 0. The molecule has 0 aliphatic heterocycles. The Morgan fingerprint density at radius 1 is 1.50 bits per heavy atom. The molecule has 0 amide bonds. The second kappa shape index (κ2) is 6.39. The van der Waals surface area contributed by atoms with Gasteiger partial charge in [-0.3, -0.25) is 0 Å². The summed E-state index contributed by atoms with van der Waals surface area (Å²) >= 11 is 3.36. The van der Waals surface area contributed by atoms with Crippen molar-refractivity contribution in [1.82, 2.24) is 20.2 Å². The number of aliphatic hydroxyl groups excluding tert-OH is 1. The maximum atomic E-state index is 8.69. The SMILES string of the molecule is OCCC#Cc1csc(CSc2nnnn2C2CC2)c1. The van der Waals surface area contributed by atoms with Crippen molar-refractivity contribution in [1.29, 1.82) is 0 Å². The topological polar surface area (TPSA) is 63.8 Å². The van der Waals surface area contributed by atoms with Crippen LogP contribution in [-0.4, -0.2) is 31.9 Å². The number of aliphatic hydroxyl groups is 1. The lowest BCUT2D eigenvalue weighted by Gasteiger charge is -2.00. The van der Waals surface area contributed by atoms with Gasteiger partial charge in [0, 0.05) is 28.0 Å². The Hall–Kier alpha value is -1.36. The van der Waals surface area contributed by atoms with Crippen molar-refractivity contribution in [3.05, 3.63) is 21.9 Å². The van der Waals surface area contributed by atoms with E-state index < -0.39 is 0 Å². The minimum atomic E-state index is 0.115. The fraction of sp³-hybridized carbons (Fsp3) is 0.462. The Bertz CT molecular complexity index is 636. The van der Waals surface area contributed by atoms with Crippen molar-refractivity contribution in [3.63, 3.8) is 0 Å². The maximum Gasteiger partial charge on any atom is 0.209 e. The van der Waals surface area contributed by atoms with Gasteiger partial charge in [-0.05, 0) is 29.3 Å². The quantitative estimate of drug-likeness (QED) is 0.677. The van der Waals surface area contributed by atoms with E-state index in [2.05, 4.69) is 33.4 Å². The second-order valence-electron chi connectivity index (χ2n) is 4.50. The van der Waals surface area contributed by atoms with Crippen LogP contribution in [0.3, 0.4) is 0 Å². The molecule has 0 spiro atoms. The first-order chi connectivity index (χ1) is 9.86. The number of hydrogen-bond donors (Lipinski definition) is 1. The molecule has 1 saturated carbocycles. The minimum absolute atomic E-state index is 0.115. The van der Waals surface area contributed by atoms with Crippen molar-refractivity contribution in [3.8, 4) is 11.8 Å². The molecular weight excluding hydrogens is 292 g/mol. The summed E-state index contributed by atoms with van der Waals surface area (Å²) in [5, 5.41) is 23.5. The smallest absolute Gasteiger partial charge is 0.209 e. The van der Waals surface area contributed by atoms with Crippen LogP contribution < -0.4 is 0 Å². The van der Waals surface area contributed by atoms with E-state index >= 15 is 0 Å². The van der Waals surface area contributed by atoms with E-state index in [1.54, 1.807) is 23.1 Å². The summed E-state index contributed by atoms with van der Waals surface area (Å²) in [4.78, 5) is 1.26. The van der Waals surface area contributed by atoms with Crippen molar-refractivity contribution in [2.75, 3.05) is 6.61 Å². The van der Waals surface area contributed by atoms with Crippen LogP contribution in [0.15, 0.2) is 16.6 Å². The summed E-state index contributed by atoms with van der Waals surface area (Å²) < 4.78 is 1.93. The number of thioether (sulfide) groups is 1. The Balaban J connectivity index is 1.58. The summed E-state index contributed by atoms with van der Waals surface area (Å²) in [6.45, 7) is 0.115. The number of rotatable bonds is 5. The van der Waals surface area contributed by atoms with Gasteiger partial charge in [0.1, 0.15) is 0 Å². The van der Waals surface area contributed by atoms with Crippen LogP contribution in [0.4, 0.5) is 0 Å². The molecule has 1 N–H and O–H groups in total. The third kappa shape index (κ3) is 3.39. The van der Waals surface area contributed by atoms with Crippen LogP contribution in [0.5, 0.6) is 0 Å². The minimum Gasteiger partial charge on any atom is -0.395 e. The molecule has 1 fully saturated rings. The van der Waals surface area contributed by atoms with E-state index in [9.17, 15) is 0 Å². The molecule has 3 rings (SSSR count). The first-order valence-electron chi connectivity index (χ1n) is 6.44. The van der Waals surface area contributed by atoms with Crippen molar-refractivity contribution < 1.29 is 5.11 Å². The van der Waals surface area contributed by atoms with Gasteiger partial charge in [0.25, 0.3) is 0 Å². The highest BCUT2D eigenvalue weighted by Gasteiger charge is 2.27. The highest BCUT2D eigenvalue weighted by atomic mass is 32.2. The summed E-state index contributed by atoms with van der Waals surface area (Å²) in [5.41, 5.74) is 1.01. The number of aromatic nitrogens is 4. The molecule has 7 heteroatoms. The van der Waals surface area contributed by atoms with E-state index in [4.69, 9.17) is 5.11 Å². The molecule has 2 heterocycles. The van der Waals surface area contributed by atoms with E-state index in [0.717, 1.165) is 16.5 Å². The highest BCUT2D eigenvalue weighted by molar-refractivity contribution is 7.98. The Morgan fingerprint density at radius 3 is 3.20 bits per heavy atom. The highest BCUT2D eigenvalue weighted by Crippen LogP contribution is 2.37. The fourth-order valence-corrected chi connectivity index (χ4v) is 3.52. The molecule has 0 atom stereocenters. The molecule has 0 bridgehead atoms. The van der Waals surface area contributed by atoms with Crippen LogP contribution in [0.1, 0.15) is 35.7 Å². The Morgan fingerprint density at radius 2 is 2.40 bits per heavy atom. The normalized spacial score (nSPS) is 14.1. The van der Waals surface area contributed by atoms with E-state index in [1.165, 1.54) is 17.7 Å². The number of tetrazole rings is 1. The van der Waals surface area contributed by atoms with Gasteiger partial charge in [-0.25, -0.2) is 4.68 Å². The van der Waals surface area contributed by atoms with E-state index in [1.807, 2.05) is 10.1 Å². The van der Waals surface area contributed by atoms with E-state index in [-0.39, 0.29) is 6.61 Å². The van der Waals surface area contributed by atoms with Crippen LogP contribution in [0, 0.1) is 11.8 Å². The fourth-order valence-electron chi connectivity index (χ4n) is 1.71. The molecule has 20 heavy (non-hydrogen) atoms.